The van der Waals surface area contributed by atoms with Gasteiger partial charge in [0.15, 0.2) is 0 Å². The Bertz CT molecular complexity index is 244. The van der Waals surface area contributed by atoms with Crippen LogP contribution in [0, 0.1) is 0 Å². The van der Waals surface area contributed by atoms with Crippen LogP contribution in [0.5, 0.6) is 0 Å². The number of hydrogen-bond donors (Lipinski definition) is 1. The fourth-order valence-corrected chi connectivity index (χ4v) is 2.18. The fourth-order valence-electron chi connectivity index (χ4n) is 1.51. The van der Waals surface area contributed by atoms with Gasteiger partial charge in [0.05, 0.1) is 6.04 Å². The van der Waals surface area contributed by atoms with Gasteiger partial charge in [-0.05, 0) is 20.0 Å². The zero-order chi connectivity index (χ0) is 11.1. The predicted molar refractivity (Wildman–Crippen MR) is 66.3 cm³/mol. The summed E-state index contributed by atoms with van der Waals surface area (Å²) in [5.41, 5.74) is 0. The van der Waals surface area contributed by atoms with Gasteiger partial charge in [-0.1, -0.05) is 13.8 Å². The van der Waals surface area contributed by atoms with Gasteiger partial charge in [-0.15, -0.1) is 11.3 Å². The summed E-state index contributed by atoms with van der Waals surface area (Å²) >= 11 is 1.71. The molecule has 1 aromatic rings. The van der Waals surface area contributed by atoms with Crippen LogP contribution in [0.4, 0.5) is 0 Å². The second kappa shape index (κ2) is 6.93. The molecule has 3 nitrogen and oxygen atoms in total. The quantitative estimate of drug-likeness (QED) is 0.773. The zero-order valence-electron chi connectivity index (χ0n) is 9.86. The molecule has 0 bridgehead atoms. The maximum Gasteiger partial charge on any atom is 0.109 e. The fraction of sp³-hybridized carbons (Fsp3) is 0.727. The highest BCUT2D eigenvalue weighted by Crippen LogP contribution is 2.13. The van der Waals surface area contributed by atoms with E-state index in [2.05, 4.69) is 36.0 Å². The number of nitrogens with zero attached hydrogens (tertiary/aromatic N) is 2. The normalized spacial score (nSPS) is 13.3. The molecule has 1 atom stereocenters. The molecule has 86 valence electrons. The first-order chi connectivity index (χ1) is 7.27. The van der Waals surface area contributed by atoms with Crippen LogP contribution in [0.15, 0.2) is 11.6 Å². The molecule has 0 radical (unpaired) electrons. The van der Waals surface area contributed by atoms with Crippen LogP contribution in [-0.2, 0) is 0 Å². The number of aromatic nitrogens is 1. The van der Waals surface area contributed by atoms with Crippen molar-refractivity contribution < 1.29 is 0 Å². The minimum Gasteiger partial charge on any atom is -0.307 e. The Morgan fingerprint density at radius 2 is 2.20 bits per heavy atom. The van der Waals surface area contributed by atoms with Gasteiger partial charge in [0.1, 0.15) is 5.01 Å². The molecule has 0 unspecified atom stereocenters. The lowest BCUT2D eigenvalue weighted by atomic mass is 10.3. The van der Waals surface area contributed by atoms with E-state index in [1.807, 2.05) is 11.6 Å². The number of rotatable bonds is 7. The van der Waals surface area contributed by atoms with E-state index in [9.17, 15) is 0 Å². The molecule has 0 saturated carbocycles. The van der Waals surface area contributed by atoms with Crippen LogP contribution in [-0.4, -0.2) is 36.1 Å². The third-order valence-electron chi connectivity index (χ3n) is 2.59. The molecule has 0 aliphatic rings. The van der Waals surface area contributed by atoms with E-state index in [0.717, 1.165) is 26.2 Å². The van der Waals surface area contributed by atoms with Crippen LogP contribution in [0.2, 0.25) is 0 Å². The number of thiazole rings is 1. The average Bonchev–Trinajstić information content (AvgIpc) is 2.77. The van der Waals surface area contributed by atoms with Crippen molar-refractivity contribution in [2.24, 2.45) is 0 Å². The van der Waals surface area contributed by atoms with E-state index < -0.39 is 0 Å². The van der Waals surface area contributed by atoms with Crippen LogP contribution < -0.4 is 5.32 Å². The molecule has 1 N–H and O–H groups in total. The van der Waals surface area contributed by atoms with Crippen molar-refractivity contribution in [2.75, 3.05) is 26.2 Å². The minimum atomic E-state index is 0.376. The first kappa shape index (κ1) is 12.6. The van der Waals surface area contributed by atoms with Crippen molar-refractivity contribution in [2.45, 2.75) is 26.8 Å². The van der Waals surface area contributed by atoms with E-state index in [0.29, 0.717) is 6.04 Å². The second-order valence-corrected chi connectivity index (χ2v) is 4.50. The van der Waals surface area contributed by atoms with Crippen LogP contribution in [0.1, 0.15) is 31.8 Å². The van der Waals surface area contributed by atoms with Crippen LogP contribution in [0.3, 0.4) is 0 Å². The Kier molecular flexibility index (Phi) is 5.83. The molecule has 15 heavy (non-hydrogen) atoms. The minimum absolute atomic E-state index is 0.376. The summed E-state index contributed by atoms with van der Waals surface area (Å²) in [4.78, 5) is 6.71. The highest BCUT2D eigenvalue weighted by molar-refractivity contribution is 7.09. The summed E-state index contributed by atoms with van der Waals surface area (Å²) in [7, 11) is 0. The summed E-state index contributed by atoms with van der Waals surface area (Å²) in [6.07, 6.45) is 1.86. The first-order valence-electron chi connectivity index (χ1n) is 5.63. The average molecular weight is 227 g/mol. The summed E-state index contributed by atoms with van der Waals surface area (Å²) in [6.45, 7) is 11.0. The van der Waals surface area contributed by atoms with Crippen molar-refractivity contribution >= 4 is 11.3 Å². The van der Waals surface area contributed by atoms with E-state index in [-0.39, 0.29) is 0 Å². The highest BCUT2D eigenvalue weighted by Gasteiger charge is 2.07. The van der Waals surface area contributed by atoms with Crippen molar-refractivity contribution in [1.82, 2.24) is 15.2 Å². The molecule has 0 aliphatic carbocycles. The number of nitrogens with one attached hydrogen (secondary N) is 1. The van der Waals surface area contributed by atoms with E-state index in [1.165, 1.54) is 5.01 Å². The van der Waals surface area contributed by atoms with Crippen molar-refractivity contribution in [3.8, 4) is 0 Å². The third kappa shape index (κ3) is 4.28. The molecule has 0 amide bonds. The predicted octanol–water partition coefficient (Wildman–Crippen LogP) is 2.14. The molecule has 0 aliphatic heterocycles. The van der Waals surface area contributed by atoms with Gasteiger partial charge in [-0.2, -0.15) is 0 Å². The van der Waals surface area contributed by atoms with Gasteiger partial charge in [0, 0.05) is 24.7 Å². The maximum absolute atomic E-state index is 4.30. The van der Waals surface area contributed by atoms with E-state index >= 15 is 0 Å². The summed E-state index contributed by atoms with van der Waals surface area (Å²) in [5.74, 6) is 0. The van der Waals surface area contributed by atoms with Crippen LogP contribution in [0.25, 0.3) is 0 Å². The molecule has 1 rings (SSSR count). The molecule has 1 aromatic heterocycles. The van der Waals surface area contributed by atoms with Gasteiger partial charge in [0.2, 0.25) is 0 Å². The van der Waals surface area contributed by atoms with Gasteiger partial charge >= 0.3 is 0 Å². The molecule has 0 fully saturated rings. The Balaban J connectivity index is 2.20. The number of likely N-dealkylation sites (N-methyl/N-ethyl adjacent to an activating group) is 1. The van der Waals surface area contributed by atoms with Gasteiger partial charge in [-0.3, -0.25) is 0 Å². The maximum atomic E-state index is 4.30. The van der Waals surface area contributed by atoms with Crippen molar-refractivity contribution in [3.63, 3.8) is 0 Å². The number of hydrogen-bond acceptors (Lipinski definition) is 4. The largest absolute Gasteiger partial charge is 0.307 e. The Morgan fingerprint density at radius 3 is 2.73 bits per heavy atom. The Hall–Kier alpha value is -0.450. The lowest BCUT2D eigenvalue weighted by Gasteiger charge is -2.19. The summed E-state index contributed by atoms with van der Waals surface area (Å²) < 4.78 is 0. The van der Waals surface area contributed by atoms with Gasteiger partial charge in [0.25, 0.3) is 0 Å². The topological polar surface area (TPSA) is 28.2 Å². The van der Waals surface area contributed by atoms with E-state index in [1.54, 1.807) is 11.3 Å². The SMILES string of the molecule is CCN(CC)CCN[C@H](C)c1nccs1. The molecule has 4 heteroatoms. The monoisotopic (exact) mass is 227 g/mol. The molecule has 1 heterocycles. The molecule has 0 spiro atoms. The van der Waals surface area contributed by atoms with Crippen molar-refractivity contribution in [3.05, 3.63) is 16.6 Å². The summed E-state index contributed by atoms with van der Waals surface area (Å²) in [6, 6.07) is 0.376. The summed E-state index contributed by atoms with van der Waals surface area (Å²) in [5, 5.41) is 6.69. The lowest BCUT2D eigenvalue weighted by Crippen LogP contribution is -2.32. The van der Waals surface area contributed by atoms with Crippen LogP contribution >= 0.6 is 11.3 Å². The molecular formula is C11H21N3S. The Labute approximate surface area is 96.5 Å². The zero-order valence-corrected chi connectivity index (χ0v) is 10.7. The molecular weight excluding hydrogens is 206 g/mol. The van der Waals surface area contributed by atoms with E-state index in [4.69, 9.17) is 0 Å². The molecule has 0 saturated heterocycles. The highest BCUT2D eigenvalue weighted by atomic mass is 32.1. The smallest absolute Gasteiger partial charge is 0.109 e. The third-order valence-corrected chi connectivity index (χ3v) is 3.55. The standard InChI is InChI=1S/C11H21N3S/c1-4-14(5-2)8-6-12-10(3)11-13-7-9-15-11/h7,9-10,12H,4-6,8H2,1-3H3/t10-/m1/s1. The molecule has 0 aromatic carbocycles. The van der Waals surface area contributed by atoms with Crippen molar-refractivity contribution in [1.29, 1.82) is 0 Å². The van der Waals surface area contributed by atoms with Gasteiger partial charge < -0.3 is 10.2 Å². The van der Waals surface area contributed by atoms with Gasteiger partial charge in [-0.25, -0.2) is 4.98 Å². The first-order valence-corrected chi connectivity index (χ1v) is 6.51. The second-order valence-electron chi connectivity index (χ2n) is 3.57. The Morgan fingerprint density at radius 1 is 1.47 bits per heavy atom. The lowest BCUT2D eigenvalue weighted by molar-refractivity contribution is 0.298.